The van der Waals surface area contributed by atoms with Crippen molar-refractivity contribution in [3.8, 4) is 5.75 Å². The fourth-order valence-corrected chi connectivity index (χ4v) is 2.35. The van der Waals surface area contributed by atoms with E-state index < -0.39 is 0 Å². The fourth-order valence-electron chi connectivity index (χ4n) is 2.35. The smallest absolute Gasteiger partial charge is 0.120 e. The van der Waals surface area contributed by atoms with Gasteiger partial charge in [-0.1, -0.05) is 12.1 Å². The molecule has 0 spiro atoms. The highest BCUT2D eigenvalue weighted by Gasteiger charge is 2.38. The number of rotatable bonds is 6. The van der Waals surface area contributed by atoms with Crippen LogP contribution in [0, 0.1) is 0 Å². The molecule has 1 aromatic carbocycles. The lowest BCUT2D eigenvalue weighted by Crippen LogP contribution is -2.44. The van der Waals surface area contributed by atoms with Gasteiger partial charge in [0.05, 0.1) is 6.61 Å². The van der Waals surface area contributed by atoms with Gasteiger partial charge >= 0.3 is 0 Å². The van der Waals surface area contributed by atoms with Gasteiger partial charge in [0, 0.05) is 7.11 Å². The average Bonchev–Trinajstić information content (AvgIpc) is 2.27. The van der Waals surface area contributed by atoms with Crippen LogP contribution in [0.2, 0.25) is 0 Å². The third kappa shape index (κ3) is 2.99. The summed E-state index contributed by atoms with van der Waals surface area (Å²) in [6.45, 7) is 1.32. The van der Waals surface area contributed by atoms with Crippen molar-refractivity contribution in [3.63, 3.8) is 0 Å². The maximum absolute atomic E-state index is 6.13. The molecule has 17 heavy (non-hydrogen) atoms. The molecular formula is C14H21NO2. The predicted molar refractivity (Wildman–Crippen MR) is 68.0 cm³/mol. The summed E-state index contributed by atoms with van der Waals surface area (Å²) < 4.78 is 11.3. The zero-order valence-corrected chi connectivity index (χ0v) is 10.4. The van der Waals surface area contributed by atoms with Crippen LogP contribution in [0.25, 0.3) is 0 Å². The molecule has 1 aliphatic rings. The molecule has 0 aromatic heterocycles. The van der Waals surface area contributed by atoms with E-state index in [-0.39, 0.29) is 5.60 Å². The minimum absolute atomic E-state index is 0.000442. The van der Waals surface area contributed by atoms with E-state index in [9.17, 15) is 0 Å². The van der Waals surface area contributed by atoms with Crippen LogP contribution < -0.4 is 10.5 Å². The molecule has 0 atom stereocenters. The molecule has 0 bridgehead atoms. The Bertz CT molecular complexity index is 361. The molecule has 1 fully saturated rings. The van der Waals surface area contributed by atoms with Gasteiger partial charge in [0.2, 0.25) is 0 Å². The van der Waals surface area contributed by atoms with Crippen LogP contribution in [-0.4, -0.2) is 19.3 Å². The van der Waals surface area contributed by atoms with E-state index in [0.29, 0.717) is 13.2 Å². The van der Waals surface area contributed by atoms with Crippen molar-refractivity contribution < 1.29 is 9.47 Å². The summed E-state index contributed by atoms with van der Waals surface area (Å²) in [5.74, 6) is 0.938. The summed E-state index contributed by atoms with van der Waals surface area (Å²) in [4.78, 5) is 0. The van der Waals surface area contributed by atoms with Gasteiger partial charge < -0.3 is 15.2 Å². The Morgan fingerprint density at radius 3 is 2.76 bits per heavy atom. The van der Waals surface area contributed by atoms with Gasteiger partial charge in [0.25, 0.3) is 0 Å². The van der Waals surface area contributed by atoms with Gasteiger partial charge in [-0.25, -0.2) is 0 Å². The molecule has 2 rings (SSSR count). The van der Waals surface area contributed by atoms with Gasteiger partial charge in [0.1, 0.15) is 11.4 Å². The largest absolute Gasteiger partial charge is 0.487 e. The minimum atomic E-state index is 0.000442. The molecule has 0 aliphatic heterocycles. The Balaban J connectivity index is 2.04. The van der Waals surface area contributed by atoms with Crippen LogP contribution >= 0.6 is 0 Å². The summed E-state index contributed by atoms with van der Waals surface area (Å²) in [6, 6.07) is 8.13. The van der Waals surface area contributed by atoms with Crippen molar-refractivity contribution in [1.82, 2.24) is 0 Å². The molecule has 94 valence electrons. The Kier molecular flexibility index (Phi) is 4.02. The number of hydrogen-bond donors (Lipinski definition) is 1. The Morgan fingerprint density at radius 1 is 1.35 bits per heavy atom. The lowest BCUT2D eigenvalue weighted by molar-refractivity contribution is -0.0126. The van der Waals surface area contributed by atoms with Crippen LogP contribution in [0.4, 0.5) is 0 Å². The molecular weight excluding hydrogens is 214 g/mol. The highest BCUT2D eigenvalue weighted by atomic mass is 16.5. The van der Waals surface area contributed by atoms with Crippen LogP contribution in [0.3, 0.4) is 0 Å². The average molecular weight is 235 g/mol. The molecule has 3 nitrogen and oxygen atoms in total. The first-order valence-electron chi connectivity index (χ1n) is 6.25. The molecule has 1 aliphatic carbocycles. The molecule has 1 saturated carbocycles. The second-order valence-electron chi connectivity index (χ2n) is 4.76. The molecule has 0 radical (unpaired) electrons. The fraction of sp³-hybridized carbons (Fsp3) is 0.571. The quantitative estimate of drug-likeness (QED) is 0.824. The van der Waals surface area contributed by atoms with Gasteiger partial charge in [-0.2, -0.15) is 0 Å². The first-order valence-corrected chi connectivity index (χ1v) is 6.25. The minimum Gasteiger partial charge on any atom is -0.487 e. The van der Waals surface area contributed by atoms with Crippen molar-refractivity contribution in [1.29, 1.82) is 0 Å². The molecule has 3 heteroatoms. The van der Waals surface area contributed by atoms with Crippen molar-refractivity contribution in [2.45, 2.75) is 37.9 Å². The van der Waals surface area contributed by atoms with E-state index in [1.54, 1.807) is 7.11 Å². The van der Waals surface area contributed by atoms with Gasteiger partial charge in [-0.3, -0.25) is 0 Å². The van der Waals surface area contributed by atoms with Crippen LogP contribution in [0.1, 0.15) is 31.2 Å². The van der Waals surface area contributed by atoms with Crippen LogP contribution in [-0.2, 0) is 11.3 Å². The van der Waals surface area contributed by atoms with E-state index in [4.69, 9.17) is 15.2 Å². The lowest BCUT2D eigenvalue weighted by atomic mass is 9.77. The highest BCUT2D eigenvalue weighted by Crippen LogP contribution is 2.39. The van der Waals surface area contributed by atoms with Crippen molar-refractivity contribution in [2.24, 2.45) is 5.73 Å². The topological polar surface area (TPSA) is 44.5 Å². The van der Waals surface area contributed by atoms with Crippen molar-refractivity contribution >= 4 is 0 Å². The third-order valence-electron chi connectivity index (χ3n) is 3.41. The van der Waals surface area contributed by atoms with Crippen molar-refractivity contribution in [3.05, 3.63) is 29.8 Å². The van der Waals surface area contributed by atoms with Gasteiger partial charge in [0.15, 0.2) is 0 Å². The van der Waals surface area contributed by atoms with Crippen LogP contribution in [0.5, 0.6) is 5.75 Å². The standard InChI is InChI=1S/C14H21NO2/c1-16-11-12-4-2-5-13(10-12)17-14(8-9-15)6-3-7-14/h2,4-5,10H,3,6-9,11,15H2,1H3. The summed E-state index contributed by atoms with van der Waals surface area (Å²) in [5, 5.41) is 0. The van der Waals surface area contributed by atoms with Gasteiger partial charge in [-0.15, -0.1) is 0 Å². The van der Waals surface area contributed by atoms with E-state index in [1.807, 2.05) is 18.2 Å². The van der Waals surface area contributed by atoms with Gasteiger partial charge in [-0.05, 0) is 49.9 Å². The summed E-state index contributed by atoms with van der Waals surface area (Å²) >= 11 is 0. The SMILES string of the molecule is COCc1cccc(OC2(CCN)CCC2)c1. The normalized spacial score (nSPS) is 17.5. The number of hydrogen-bond acceptors (Lipinski definition) is 3. The number of methoxy groups -OCH3 is 1. The third-order valence-corrected chi connectivity index (χ3v) is 3.41. The first-order chi connectivity index (χ1) is 8.28. The lowest BCUT2D eigenvalue weighted by Gasteiger charge is -2.42. The maximum atomic E-state index is 6.13. The summed E-state index contributed by atoms with van der Waals surface area (Å²) in [7, 11) is 1.70. The summed E-state index contributed by atoms with van der Waals surface area (Å²) in [6.07, 6.45) is 4.44. The number of benzene rings is 1. The summed E-state index contributed by atoms with van der Waals surface area (Å²) in [5.41, 5.74) is 6.80. The Morgan fingerprint density at radius 2 is 2.18 bits per heavy atom. The van der Waals surface area contributed by atoms with E-state index >= 15 is 0 Å². The molecule has 0 saturated heterocycles. The number of ether oxygens (including phenoxy) is 2. The molecule has 0 amide bonds. The van der Waals surface area contributed by atoms with Crippen molar-refractivity contribution in [2.75, 3.05) is 13.7 Å². The van der Waals surface area contributed by atoms with Crippen LogP contribution in [0.15, 0.2) is 24.3 Å². The second kappa shape index (κ2) is 5.52. The maximum Gasteiger partial charge on any atom is 0.120 e. The van der Waals surface area contributed by atoms with E-state index in [1.165, 1.54) is 6.42 Å². The molecule has 1 aromatic rings. The first kappa shape index (κ1) is 12.4. The highest BCUT2D eigenvalue weighted by molar-refractivity contribution is 5.29. The predicted octanol–water partition coefficient (Wildman–Crippen LogP) is 2.48. The second-order valence-corrected chi connectivity index (χ2v) is 4.76. The van der Waals surface area contributed by atoms with E-state index in [0.717, 1.165) is 30.6 Å². The Labute approximate surface area is 103 Å². The number of nitrogens with two attached hydrogens (primary N) is 1. The Hall–Kier alpha value is -1.06. The zero-order valence-electron chi connectivity index (χ0n) is 10.4. The molecule has 2 N–H and O–H groups in total. The molecule has 0 heterocycles. The monoisotopic (exact) mass is 235 g/mol. The molecule has 0 unspecified atom stereocenters. The zero-order chi connectivity index (χ0) is 12.1. The van der Waals surface area contributed by atoms with E-state index in [2.05, 4.69) is 6.07 Å².